The number of nitrogens with zero attached hydrogens (tertiary/aromatic N) is 1. The maximum atomic E-state index is 6.16. The lowest BCUT2D eigenvalue weighted by Gasteiger charge is -2.04. The van der Waals surface area contributed by atoms with Gasteiger partial charge >= 0.3 is 0 Å². The van der Waals surface area contributed by atoms with E-state index in [4.69, 9.17) is 11.6 Å². The van der Waals surface area contributed by atoms with Crippen LogP contribution in [0.2, 0.25) is 5.02 Å². The molecule has 2 aromatic heterocycles. The highest BCUT2D eigenvalue weighted by Crippen LogP contribution is 2.33. The first kappa shape index (κ1) is 12.0. The summed E-state index contributed by atoms with van der Waals surface area (Å²) in [5, 5.41) is 9.45. The smallest absolute Gasteiger partial charge is 0.131 e. The molecule has 0 radical (unpaired) electrons. The average Bonchev–Trinajstić information content (AvgIpc) is 3.17. The van der Waals surface area contributed by atoms with Crippen molar-refractivity contribution >= 4 is 39.7 Å². The predicted octanol–water partition coefficient (Wildman–Crippen LogP) is 3.90. The fraction of sp³-hybridized carbons (Fsp3) is 0.133. The van der Waals surface area contributed by atoms with Gasteiger partial charge in [-0.1, -0.05) is 11.6 Å². The first-order valence-electron chi connectivity index (χ1n) is 6.45. The summed E-state index contributed by atoms with van der Waals surface area (Å²) in [6.45, 7) is 1.72. The van der Waals surface area contributed by atoms with Gasteiger partial charge in [-0.05, 0) is 29.6 Å². The molecule has 1 aromatic carbocycles. The van der Waals surface area contributed by atoms with Crippen LogP contribution in [0.4, 0.5) is 0 Å². The van der Waals surface area contributed by atoms with Crippen molar-refractivity contribution in [2.24, 2.45) is 4.99 Å². The van der Waals surface area contributed by atoms with Crippen LogP contribution in [0.15, 0.2) is 40.0 Å². The Balaban J connectivity index is 2.05. The van der Waals surface area contributed by atoms with E-state index in [9.17, 15) is 0 Å². The van der Waals surface area contributed by atoms with Crippen LogP contribution in [0.25, 0.3) is 22.2 Å². The van der Waals surface area contributed by atoms with Gasteiger partial charge in [-0.3, -0.25) is 4.99 Å². The lowest BCUT2D eigenvalue weighted by molar-refractivity contribution is 0.960. The molecule has 0 bridgehead atoms. The Kier molecular flexibility index (Phi) is 2.79. The average molecular weight is 302 g/mol. The fourth-order valence-electron chi connectivity index (χ4n) is 2.60. The summed E-state index contributed by atoms with van der Waals surface area (Å²) in [5.41, 5.74) is 4.51. The van der Waals surface area contributed by atoms with Crippen LogP contribution in [-0.2, 0) is 0 Å². The summed E-state index contributed by atoms with van der Waals surface area (Å²) in [6.07, 6.45) is 0. The van der Waals surface area contributed by atoms with Crippen molar-refractivity contribution in [1.82, 2.24) is 10.3 Å². The molecular weight excluding hydrogens is 290 g/mol. The molecule has 0 amide bonds. The third kappa shape index (κ3) is 1.84. The minimum absolute atomic E-state index is 0.744. The number of rotatable bonds is 2. The summed E-state index contributed by atoms with van der Waals surface area (Å²) in [6, 6.07) is 8.05. The van der Waals surface area contributed by atoms with Gasteiger partial charge in [0.1, 0.15) is 5.84 Å². The molecule has 0 atom stereocenters. The molecule has 100 valence electrons. The number of hydrogen-bond acceptors (Lipinski definition) is 3. The van der Waals surface area contributed by atoms with E-state index >= 15 is 0 Å². The van der Waals surface area contributed by atoms with E-state index < -0.39 is 0 Å². The Morgan fingerprint density at radius 1 is 1.25 bits per heavy atom. The minimum atomic E-state index is 0.744. The highest BCUT2D eigenvalue weighted by molar-refractivity contribution is 7.08. The van der Waals surface area contributed by atoms with Gasteiger partial charge in [0, 0.05) is 39.0 Å². The van der Waals surface area contributed by atoms with Crippen molar-refractivity contribution in [2.75, 3.05) is 13.1 Å². The molecule has 1 aliphatic heterocycles. The van der Waals surface area contributed by atoms with E-state index in [1.54, 1.807) is 11.3 Å². The maximum absolute atomic E-state index is 6.16. The number of halogens is 1. The molecule has 0 spiro atoms. The lowest BCUT2D eigenvalue weighted by atomic mass is 10.1. The van der Waals surface area contributed by atoms with Crippen LogP contribution in [-0.4, -0.2) is 23.9 Å². The molecule has 2 N–H and O–H groups in total. The number of hydrogen-bond donors (Lipinski definition) is 2. The molecule has 0 fully saturated rings. The molecular formula is C15H12ClN3S. The van der Waals surface area contributed by atoms with Crippen LogP contribution in [0.1, 0.15) is 5.56 Å². The van der Waals surface area contributed by atoms with Gasteiger partial charge in [0.15, 0.2) is 0 Å². The van der Waals surface area contributed by atoms with Gasteiger partial charge in [0.25, 0.3) is 0 Å². The summed E-state index contributed by atoms with van der Waals surface area (Å²) in [4.78, 5) is 8.07. The Bertz CT molecular complexity index is 802. The topological polar surface area (TPSA) is 40.2 Å². The van der Waals surface area contributed by atoms with E-state index in [2.05, 4.69) is 32.1 Å². The zero-order chi connectivity index (χ0) is 13.5. The third-order valence-electron chi connectivity index (χ3n) is 3.48. The van der Waals surface area contributed by atoms with Crippen molar-refractivity contribution in [1.29, 1.82) is 0 Å². The standard InChI is InChI=1S/C15H12ClN3S/c16-10-1-2-12-11(7-10)13(15-17-4-5-18-15)14(19-12)9-3-6-20-8-9/h1-3,6-8,19H,4-5H2,(H,17,18). The molecule has 0 saturated heterocycles. The van der Waals surface area contributed by atoms with Crippen molar-refractivity contribution in [3.8, 4) is 11.3 Å². The van der Waals surface area contributed by atoms with E-state index in [0.717, 1.165) is 46.1 Å². The van der Waals surface area contributed by atoms with E-state index in [0.29, 0.717) is 0 Å². The Morgan fingerprint density at radius 2 is 2.20 bits per heavy atom. The molecule has 3 aromatic rings. The molecule has 3 nitrogen and oxygen atoms in total. The van der Waals surface area contributed by atoms with Crippen LogP contribution in [0, 0.1) is 0 Å². The van der Waals surface area contributed by atoms with E-state index in [1.807, 2.05) is 18.2 Å². The Hall–Kier alpha value is -1.78. The van der Waals surface area contributed by atoms with Crippen LogP contribution in [0.5, 0.6) is 0 Å². The maximum Gasteiger partial charge on any atom is 0.131 e. The summed E-state index contributed by atoms with van der Waals surface area (Å²) in [7, 11) is 0. The molecule has 0 unspecified atom stereocenters. The molecule has 0 aliphatic carbocycles. The van der Waals surface area contributed by atoms with Gasteiger partial charge in [-0.2, -0.15) is 11.3 Å². The number of aliphatic imine (C=N–C) groups is 1. The van der Waals surface area contributed by atoms with Crippen molar-refractivity contribution in [3.63, 3.8) is 0 Å². The summed E-state index contributed by atoms with van der Waals surface area (Å²) < 4.78 is 0. The van der Waals surface area contributed by atoms with Crippen LogP contribution in [0.3, 0.4) is 0 Å². The first-order valence-corrected chi connectivity index (χ1v) is 7.77. The first-order chi connectivity index (χ1) is 9.83. The minimum Gasteiger partial charge on any atom is -0.368 e. The van der Waals surface area contributed by atoms with Gasteiger partial charge in [-0.25, -0.2) is 0 Å². The highest BCUT2D eigenvalue weighted by atomic mass is 35.5. The molecule has 1 aliphatic rings. The number of nitrogens with one attached hydrogen (secondary N) is 2. The van der Waals surface area contributed by atoms with Crippen molar-refractivity contribution < 1.29 is 0 Å². The van der Waals surface area contributed by atoms with Crippen LogP contribution >= 0.6 is 22.9 Å². The lowest BCUT2D eigenvalue weighted by Crippen LogP contribution is -2.19. The zero-order valence-electron chi connectivity index (χ0n) is 10.6. The second-order valence-corrected chi connectivity index (χ2v) is 5.95. The second-order valence-electron chi connectivity index (χ2n) is 4.73. The largest absolute Gasteiger partial charge is 0.368 e. The predicted molar refractivity (Wildman–Crippen MR) is 86.0 cm³/mol. The zero-order valence-corrected chi connectivity index (χ0v) is 12.2. The quantitative estimate of drug-likeness (QED) is 0.740. The second kappa shape index (κ2) is 4.65. The Morgan fingerprint density at radius 3 is 2.95 bits per heavy atom. The number of amidine groups is 1. The summed E-state index contributed by atoms with van der Waals surface area (Å²) in [5.74, 6) is 0.958. The van der Waals surface area contributed by atoms with Gasteiger partial charge < -0.3 is 10.3 Å². The molecule has 0 saturated carbocycles. The number of thiophene rings is 1. The van der Waals surface area contributed by atoms with Gasteiger partial charge in [0.2, 0.25) is 0 Å². The number of H-pyrrole nitrogens is 1. The van der Waals surface area contributed by atoms with Crippen molar-refractivity contribution in [2.45, 2.75) is 0 Å². The monoisotopic (exact) mass is 301 g/mol. The summed E-state index contributed by atoms with van der Waals surface area (Å²) >= 11 is 7.85. The van der Waals surface area contributed by atoms with Crippen molar-refractivity contribution in [3.05, 3.63) is 45.6 Å². The van der Waals surface area contributed by atoms with Crippen LogP contribution < -0.4 is 5.32 Å². The molecule has 3 heterocycles. The highest BCUT2D eigenvalue weighted by Gasteiger charge is 2.20. The third-order valence-corrected chi connectivity index (χ3v) is 4.40. The SMILES string of the molecule is Clc1ccc2[nH]c(-c3ccsc3)c(C3=NCCN3)c2c1. The number of aromatic nitrogens is 1. The number of benzene rings is 1. The van der Waals surface area contributed by atoms with Gasteiger partial charge in [0.05, 0.1) is 12.2 Å². The molecule has 5 heteroatoms. The fourth-order valence-corrected chi connectivity index (χ4v) is 3.42. The number of aromatic amines is 1. The van der Waals surface area contributed by atoms with E-state index in [-0.39, 0.29) is 0 Å². The van der Waals surface area contributed by atoms with E-state index in [1.165, 1.54) is 5.56 Å². The number of fused-ring (bicyclic) bond motifs is 1. The normalized spacial score (nSPS) is 14.6. The molecule has 20 heavy (non-hydrogen) atoms. The van der Waals surface area contributed by atoms with Gasteiger partial charge in [-0.15, -0.1) is 0 Å². The Labute approximate surface area is 125 Å². The molecule has 4 rings (SSSR count).